The van der Waals surface area contributed by atoms with Gasteiger partial charge in [-0.05, 0) is 60.9 Å². The van der Waals surface area contributed by atoms with Gasteiger partial charge in [0.25, 0.3) is 5.91 Å². The first-order chi connectivity index (χ1) is 15.6. The van der Waals surface area contributed by atoms with Gasteiger partial charge in [0.2, 0.25) is 0 Å². The predicted molar refractivity (Wildman–Crippen MR) is 127 cm³/mol. The van der Waals surface area contributed by atoms with Crippen LogP contribution in [0.5, 0.6) is 0 Å². The Morgan fingerprint density at radius 2 is 1.88 bits per heavy atom. The summed E-state index contributed by atoms with van der Waals surface area (Å²) in [6, 6.07) is 23.6. The topological polar surface area (TPSA) is 49.2 Å². The normalized spacial score (nSPS) is 15.9. The van der Waals surface area contributed by atoms with Crippen LogP contribution in [0.3, 0.4) is 0 Å². The maximum absolute atomic E-state index is 13.7. The number of aryl methyl sites for hydroxylation is 1. The second-order valence-electron chi connectivity index (χ2n) is 8.42. The molecule has 5 heteroatoms. The lowest BCUT2D eigenvalue weighted by Gasteiger charge is -2.35. The van der Waals surface area contributed by atoms with Gasteiger partial charge in [-0.15, -0.1) is 0 Å². The fourth-order valence-corrected chi connectivity index (χ4v) is 4.99. The van der Waals surface area contributed by atoms with Crippen molar-refractivity contribution in [1.29, 1.82) is 0 Å². The Morgan fingerprint density at radius 1 is 1.06 bits per heavy atom. The van der Waals surface area contributed by atoms with Gasteiger partial charge in [0, 0.05) is 33.6 Å². The van der Waals surface area contributed by atoms with Gasteiger partial charge in [0.15, 0.2) is 5.76 Å². The zero-order valence-electron chi connectivity index (χ0n) is 17.6. The van der Waals surface area contributed by atoms with E-state index in [1.54, 1.807) is 0 Å². The molecule has 1 atom stereocenters. The van der Waals surface area contributed by atoms with Gasteiger partial charge in [-0.2, -0.15) is 0 Å². The molecule has 32 heavy (non-hydrogen) atoms. The Labute approximate surface area is 190 Å². The van der Waals surface area contributed by atoms with Crippen molar-refractivity contribution in [1.82, 2.24) is 9.88 Å². The van der Waals surface area contributed by atoms with Crippen LogP contribution in [0.4, 0.5) is 0 Å². The molecule has 3 aromatic carbocycles. The number of amides is 1. The number of rotatable bonds is 2. The number of carbonyl (C=O) groups excluding carboxylic acids is 1. The zero-order valence-corrected chi connectivity index (χ0v) is 18.3. The van der Waals surface area contributed by atoms with Crippen molar-refractivity contribution < 1.29 is 9.21 Å². The Kier molecular flexibility index (Phi) is 4.37. The molecule has 0 bridgehead atoms. The van der Waals surface area contributed by atoms with E-state index in [-0.39, 0.29) is 11.9 Å². The molecule has 6 rings (SSSR count). The zero-order chi connectivity index (χ0) is 21.8. The Hall–Kier alpha value is -3.50. The fraction of sp³-hybridized carbons (Fsp3) is 0.148. The number of carbonyl (C=O) groups is 1. The molecule has 158 valence electrons. The molecule has 2 aromatic heterocycles. The van der Waals surface area contributed by atoms with E-state index in [0.717, 1.165) is 39.7 Å². The van der Waals surface area contributed by atoms with Gasteiger partial charge >= 0.3 is 0 Å². The first-order valence-corrected chi connectivity index (χ1v) is 11.1. The summed E-state index contributed by atoms with van der Waals surface area (Å²) in [5, 5.41) is 2.83. The molecule has 1 aliphatic rings. The number of furan rings is 1. The Bertz CT molecular complexity index is 1480. The van der Waals surface area contributed by atoms with Crippen molar-refractivity contribution in [3.05, 3.63) is 106 Å². The molecule has 0 aliphatic carbocycles. The maximum Gasteiger partial charge on any atom is 0.290 e. The van der Waals surface area contributed by atoms with Gasteiger partial charge in [-0.25, -0.2) is 0 Å². The predicted octanol–water partition coefficient (Wildman–Crippen LogP) is 6.66. The van der Waals surface area contributed by atoms with Crippen LogP contribution in [0.1, 0.15) is 39.0 Å². The average molecular weight is 441 g/mol. The molecule has 1 N–H and O–H groups in total. The lowest BCUT2D eigenvalue weighted by molar-refractivity contribution is 0.0662. The summed E-state index contributed by atoms with van der Waals surface area (Å²) in [6.07, 6.45) is 0.786. The molecule has 0 unspecified atom stereocenters. The van der Waals surface area contributed by atoms with E-state index >= 15 is 0 Å². The van der Waals surface area contributed by atoms with Crippen LogP contribution in [0.15, 0.2) is 77.2 Å². The molecule has 0 spiro atoms. The van der Waals surface area contributed by atoms with E-state index < -0.39 is 0 Å². The van der Waals surface area contributed by atoms with E-state index in [1.165, 1.54) is 10.9 Å². The number of para-hydroxylation sites is 1. The lowest BCUT2D eigenvalue weighted by atomic mass is 9.92. The summed E-state index contributed by atoms with van der Waals surface area (Å²) < 4.78 is 5.97. The number of fused-ring (bicyclic) bond motifs is 4. The number of hydrogen-bond donors (Lipinski definition) is 1. The largest absolute Gasteiger partial charge is 0.451 e. The summed E-state index contributed by atoms with van der Waals surface area (Å²) in [4.78, 5) is 19.2. The van der Waals surface area contributed by atoms with Crippen molar-refractivity contribution in [2.24, 2.45) is 0 Å². The minimum atomic E-state index is -0.245. The number of nitrogens with one attached hydrogen (secondary N) is 1. The number of aromatic amines is 1. The Balaban J connectivity index is 1.49. The van der Waals surface area contributed by atoms with Crippen molar-refractivity contribution in [2.75, 3.05) is 6.54 Å². The third-order valence-electron chi connectivity index (χ3n) is 6.36. The minimum absolute atomic E-state index is 0.108. The summed E-state index contributed by atoms with van der Waals surface area (Å²) >= 11 is 6.16. The summed E-state index contributed by atoms with van der Waals surface area (Å²) in [5.41, 5.74) is 6.29. The number of H-pyrrole nitrogens is 1. The second-order valence-corrected chi connectivity index (χ2v) is 8.85. The van der Waals surface area contributed by atoms with Gasteiger partial charge < -0.3 is 14.3 Å². The molecule has 0 radical (unpaired) electrons. The van der Waals surface area contributed by atoms with Crippen LogP contribution in [-0.2, 0) is 6.42 Å². The van der Waals surface area contributed by atoms with E-state index in [9.17, 15) is 4.79 Å². The van der Waals surface area contributed by atoms with Crippen LogP contribution >= 0.6 is 11.6 Å². The highest BCUT2D eigenvalue weighted by molar-refractivity contribution is 6.30. The third-order valence-corrected chi connectivity index (χ3v) is 6.62. The third kappa shape index (κ3) is 3.02. The number of nitrogens with zero attached hydrogens (tertiary/aromatic N) is 1. The standard InChI is InChI=1S/C27H21ClN2O2/c1-16-6-11-23-18(14-16)15-24(32-23)27(31)30-13-12-21-20-4-2-3-5-22(20)29-25(21)26(30)17-7-9-19(28)10-8-17/h2-11,14-15,26,29H,12-13H2,1H3/t26-/m1/s1. The Morgan fingerprint density at radius 3 is 2.72 bits per heavy atom. The number of aromatic nitrogens is 1. The smallest absolute Gasteiger partial charge is 0.290 e. The molecule has 3 heterocycles. The van der Waals surface area contributed by atoms with E-state index in [0.29, 0.717) is 17.3 Å². The molecular weight excluding hydrogens is 420 g/mol. The number of halogens is 1. The van der Waals surface area contributed by atoms with Crippen LogP contribution < -0.4 is 0 Å². The van der Waals surface area contributed by atoms with Crippen LogP contribution in [0.25, 0.3) is 21.9 Å². The van der Waals surface area contributed by atoms with Gasteiger partial charge in [0.05, 0.1) is 6.04 Å². The molecule has 0 fully saturated rings. The highest BCUT2D eigenvalue weighted by Crippen LogP contribution is 2.39. The van der Waals surface area contributed by atoms with E-state index in [2.05, 4.69) is 23.2 Å². The fourth-order valence-electron chi connectivity index (χ4n) is 4.86. The van der Waals surface area contributed by atoms with Crippen LogP contribution in [-0.4, -0.2) is 22.3 Å². The average Bonchev–Trinajstić information content (AvgIpc) is 3.39. The van der Waals surface area contributed by atoms with E-state index in [4.69, 9.17) is 16.0 Å². The first-order valence-electron chi connectivity index (χ1n) is 10.7. The van der Waals surface area contributed by atoms with Crippen molar-refractivity contribution in [2.45, 2.75) is 19.4 Å². The minimum Gasteiger partial charge on any atom is -0.451 e. The summed E-state index contributed by atoms with van der Waals surface area (Å²) in [7, 11) is 0. The van der Waals surface area contributed by atoms with Crippen LogP contribution in [0.2, 0.25) is 5.02 Å². The lowest BCUT2D eigenvalue weighted by Crippen LogP contribution is -2.40. The summed E-state index contributed by atoms with van der Waals surface area (Å²) in [6.45, 7) is 2.64. The monoisotopic (exact) mass is 440 g/mol. The second kappa shape index (κ2) is 7.28. The van der Waals surface area contributed by atoms with Gasteiger partial charge in [-0.3, -0.25) is 4.79 Å². The summed E-state index contributed by atoms with van der Waals surface area (Å²) in [5.74, 6) is 0.257. The SMILES string of the molecule is Cc1ccc2oc(C(=O)N3CCc4c([nH]c5ccccc45)[C@H]3c3ccc(Cl)cc3)cc2c1. The van der Waals surface area contributed by atoms with Crippen LogP contribution in [0, 0.1) is 6.92 Å². The molecule has 5 aromatic rings. The maximum atomic E-state index is 13.7. The molecule has 4 nitrogen and oxygen atoms in total. The highest BCUT2D eigenvalue weighted by Gasteiger charge is 2.36. The molecular formula is C27H21ClN2O2. The van der Waals surface area contributed by atoms with E-state index in [1.807, 2.05) is 66.4 Å². The quantitative estimate of drug-likeness (QED) is 0.333. The molecule has 1 amide bonds. The highest BCUT2D eigenvalue weighted by atomic mass is 35.5. The molecule has 1 aliphatic heterocycles. The van der Waals surface area contributed by atoms with Gasteiger partial charge in [0.1, 0.15) is 5.58 Å². The van der Waals surface area contributed by atoms with Crippen molar-refractivity contribution >= 4 is 39.4 Å². The first kappa shape index (κ1) is 19.2. The molecule has 0 saturated heterocycles. The number of benzene rings is 3. The number of hydrogen-bond acceptors (Lipinski definition) is 2. The van der Waals surface area contributed by atoms with Crippen molar-refractivity contribution in [3.8, 4) is 0 Å². The molecule has 0 saturated carbocycles. The van der Waals surface area contributed by atoms with Crippen molar-refractivity contribution in [3.63, 3.8) is 0 Å². The van der Waals surface area contributed by atoms with Gasteiger partial charge in [-0.1, -0.05) is 53.6 Å².